The average Bonchev–Trinajstić information content (AvgIpc) is 2.67. The van der Waals surface area contributed by atoms with Gasteiger partial charge in [-0.1, -0.05) is 35.9 Å². The number of nitrogens with one attached hydrogen (secondary N) is 1. The van der Waals surface area contributed by atoms with Gasteiger partial charge in [0, 0.05) is 17.0 Å². The van der Waals surface area contributed by atoms with E-state index in [1.807, 2.05) is 31.2 Å². The first-order chi connectivity index (χ1) is 13.4. The third kappa shape index (κ3) is 4.60. The highest BCUT2D eigenvalue weighted by Crippen LogP contribution is 2.25. The number of pyridine rings is 1. The number of hydrogen-bond donors (Lipinski definition) is 1. The van der Waals surface area contributed by atoms with E-state index in [0.29, 0.717) is 5.56 Å². The van der Waals surface area contributed by atoms with E-state index < -0.39 is 17.4 Å². The fourth-order valence-electron chi connectivity index (χ4n) is 2.44. The van der Waals surface area contributed by atoms with Crippen LogP contribution in [0.2, 0.25) is 5.15 Å². The molecule has 3 aromatic rings. The highest BCUT2D eigenvalue weighted by Gasteiger charge is 2.14. The summed E-state index contributed by atoms with van der Waals surface area (Å²) in [6, 6.07) is 13.4. The monoisotopic (exact) mass is 398 g/mol. The van der Waals surface area contributed by atoms with Crippen molar-refractivity contribution in [3.05, 3.63) is 74.9 Å². The molecule has 9 heteroatoms. The number of halogens is 1. The first kappa shape index (κ1) is 19.2. The molecule has 0 aliphatic heterocycles. The molecule has 28 heavy (non-hydrogen) atoms. The van der Waals surface area contributed by atoms with Gasteiger partial charge in [0.05, 0.1) is 16.7 Å². The Balaban J connectivity index is 1.62. The van der Waals surface area contributed by atoms with Crippen LogP contribution in [-0.4, -0.2) is 28.6 Å². The standard InChI is InChI=1S/C19H15ClN4O4/c1-12-6-7-13-9-14(19(20)22-15(13)8-12)10-21-23-18(25)11-28-17-5-3-2-4-16(17)24(26)27/h2-10H,11H2,1H3,(H,23,25)/b21-10-. The largest absolute Gasteiger partial charge is 0.477 e. The molecule has 0 aliphatic carbocycles. The second-order valence-electron chi connectivity index (χ2n) is 5.87. The van der Waals surface area contributed by atoms with Gasteiger partial charge < -0.3 is 4.74 Å². The Morgan fingerprint density at radius 1 is 1.32 bits per heavy atom. The smallest absolute Gasteiger partial charge is 0.310 e. The third-order valence-electron chi connectivity index (χ3n) is 3.77. The Morgan fingerprint density at radius 2 is 2.11 bits per heavy atom. The molecule has 0 aliphatic rings. The molecule has 0 bridgehead atoms. The number of nitrogens with zero attached hydrogens (tertiary/aromatic N) is 3. The van der Waals surface area contributed by atoms with Crippen LogP contribution >= 0.6 is 11.6 Å². The molecule has 3 rings (SSSR count). The van der Waals surface area contributed by atoms with Gasteiger partial charge in [0.2, 0.25) is 0 Å². The molecular formula is C19H15ClN4O4. The Morgan fingerprint density at radius 3 is 2.89 bits per heavy atom. The van der Waals surface area contributed by atoms with E-state index in [-0.39, 0.29) is 16.6 Å². The number of nitro benzene ring substituents is 1. The topological polar surface area (TPSA) is 107 Å². The minimum Gasteiger partial charge on any atom is -0.477 e. The lowest BCUT2D eigenvalue weighted by molar-refractivity contribution is -0.385. The maximum atomic E-state index is 11.9. The molecule has 1 aromatic heterocycles. The van der Waals surface area contributed by atoms with Crippen molar-refractivity contribution in [3.63, 3.8) is 0 Å². The van der Waals surface area contributed by atoms with Gasteiger partial charge in [0.25, 0.3) is 5.91 Å². The molecule has 0 atom stereocenters. The predicted octanol–water partition coefficient (Wildman–Crippen LogP) is 3.63. The van der Waals surface area contributed by atoms with Gasteiger partial charge >= 0.3 is 5.69 Å². The number of aryl methyl sites for hydroxylation is 1. The third-order valence-corrected chi connectivity index (χ3v) is 4.07. The summed E-state index contributed by atoms with van der Waals surface area (Å²) in [6.07, 6.45) is 1.37. The van der Waals surface area contributed by atoms with Gasteiger partial charge in [-0.2, -0.15) is 5.10 Å². The maximum absolute atomic E-state index is 11.9. The molecule has 0 saturated heterocycles. The van der Waals surface area contributed by atoms with E-state index in [4.69, 9.17) is 16.3 Å². The Bertz CT molecular complexity index is 1080. The lowest BCUT2D eigenvalue weighted by Crippen LogP contribution is -2.24. The molecule has 8 nitrogen and oxygen atoms in total. The van der Waals surface area contributed by atoms with Crippen LogP contribution in [0.4, 0.5) is 5.69 Å². The summed E-state index contributed by atoms with van der Waals surface area (Å²) in [7, 11) is 0. The Kier molecular flexibility index (Phi) is 5.81. The number of ether oxygens (including phenoxy) is 1. The summed E-state index contributed by atoms with van der Waals surface area (Å²) < 4.78 is 5.19. The zero-order chi connectivity index (χ0) is 20.1. The Labute approximate surface area is 164 Å². The lowest BCUT2D eigenvalue weighted by Gasteiger charge is -2.05. The molecule has 0 unspecified atom stereocenters. The fraction of sp³-hybridized carbons (Fsp3) is 0.105. The van der Waals surface area contributed by atoms with E-state index >= 15 is 0 Å². The van der Waals surface area contributed by atoms with Gasteiger partial charge in [-0.05, 0) is 30.7 Å². The normalized spacial score (nSPS) is 10.9. The number of aromatic nitrogens is 1. The van der Waals surface area contributed by atoms with Crippen LogP contribution in [0.1, 0.15) is 11.1 Å². The van der Waals surface area contributed by atoms with Gasteiger partial charge in [-0.15, -0.1) is 0 Å². The SMILES string of the molecule is Cc1ccc2cc(/C=N\NC(=O)COc3ccccc3[N+](=O)[O-])c(Cl)nc2c1. The molecule has 0 radical (unpaired) electrons. The second kappa shape index (κ2) is 8.45. The zero-order valence-electron chi connectivity index (χ0n) is 14.8. The summed E-state index contributed by atoms with van der Waals surface area (Å²) in [5.74, 6) is -0.571. The van der Waals surface area contributed by atoms with Gasteiger partial charge in [-0.3, -0.25) is 14.9 Å². The fourth-order valence-corrected chi connectivity index (χ4v) is 2.63. The number of benzene rings is 2. The van der Waals surface area contributed by atoms with Crippen molar-refractivity contribution in [1.82, 2.24) is 10.4 Å². The second-order valence-corrected chi connectivity index (χ2v) is 6.23. The summed E-state index contributed by atoms with van der Waals surface area (Å²) in [5, 5.41) is 15.9. The lowest BCUT2D eigenvalue weighted by atomic mass is 10.1. The van der Waals surface area contributed by atoms with Gasteiger partial charge in [-0.25, -0.2) is 10.4 Å². The molecular weight excluding hydrogens is 384 g/mol. The number of nitro groups is 1. The van der Waals surface area contributed by atoms with Crippen LogP contribution < -0.4 is 10.2 Å². The van der Waals surface area contributed by atoms with E-state index in [1.165, 1.54) is 24.4 Å². The van der Waals surface area contributed by atoms with Crippen LogP contribution in [0.15, 0.2) is 53.6 Å². The number of fused-ring (bicyclic) bond motifs is 1. The number of para-hydroxylation sites is 2. The highest BCUT2D eigenvalue weighted by atomic mass is 35.5. The van der Waals surface area contributed by atoms with Crippen molar-refractivity contribution in [3.8, 4) is 5.75 Å². The molecule has 0 spiro atoms. The molecule has 1 heterocycles. The molecule has 0 fully saturated rings. The first-order valence-corrected chi connectivity index (χ1v) is 8.57. The molecule has 142 valence electrons. The van der Waals surface area contributed by atoms with E-state index in [1.54, 1.807) is 6.07 Å². The number of hydrazone groups is 1. The molecule has 1 amide bonds. The summed E-state index contributed by atoms with van der Waals surface area (Å²) in [4.78, 5) is 26.5. The summed E-state index contributed by atoms with van der Waals surface area (Å²) in [5.41, 5.74) is 4.44. The number of rotatable bonds is 6. The van der Waals surface area contributed by atoms with Crippen molar-refractivity contribution in [1.29, 1.82) is 0 Å². The van der Waals surface area contributed by atoms with E-state index in [9.17, 15) is 14.9 Å². The van der Waals surface area contributed by atoms with Crippen molar-refractivity contribution in [2.75, 3.05) is 6.61 Å². The highest BCUT2D eigenvalue weighted by molar-refractivity contribution is 6.32. The molecule has 0 saturated carbocycles. The van der Waals surface area contributed by atoms with Crippen LogP contribution in [0, 0.1) is 17.0 Å². The quantitative estimate of drug-likeness (QED) is 0.295. The summed E-state index contributed by atoms with van der Waals surface area (Å²) in [6.45, 7) is 1.54. The predicted molar refractivity (Wildman–Crippen MR) is 106 cm³/mol. The van der Waals surface area contributed by atoms with Crippen molar-refractivity contribution in [2.45, 2.75) is 6.92 Å². The number of carbonyl (C=O) groups excluding carboxylic acids is 1. The molecule has 2 aromatic carbocycles. The van der Waals surface area contributed by atoms with Crippen LogP contribution in [0.3, 0.4) is 0 Å². The van der Waals surface area contributed by atoms with Gasteiger partial charge in [0.1, 0.15) is 5.15 Å². The molecule has 1 N–H and O–H groups in total. The maximum Gasteiger partial charge on any atom is 0.310 e. The Hall–Kier alpha value is -3.52. The van der Waals surface area contributed by atoms with E-state index in [2.05, 4.69) is 15.5 Å². The number of hydrogen-bond acceptors (Lipinski definition) is 6. The van der Waals surface area contributed by atoms with E-state index in [0.717, 1.165) is 16.5 Å². The van der Waals surface area contributed by atoms with Crippen LogP contribution in [0.25, 0.3) is 10.9 Å². The zero-order valence-corrected chi connectivity index (χ0v) is 15.5. The average molecular weight is 399 g/mol. The minimum absolute atomic E-state index is 0.00342. The number of carbonyl (C=O) groups is 1. The summed E-state index contributed by atoms with van der Waals surface area (Å²) >= 11 is 6.16. The van der Waals surface area contributed by atoms with Gasteiger partial charge in [0.15, 0.2) is 12.4 Å². The van der Waals surface area contributed by atoms with Crippen LogP contribution in [0.5, 0.6) is 5.75 Å². The van der Waals surface area contributed by atoms with Crippen molar-refractivity contribution in [2.24, 2.45) is 5.10 Å². The number of amides is 1. The van der Waals surface area contributed by atoms with Crippen LogP contribution in [-0.2, 0) is 4.79 Å². The van der Waals surface area contributed by atoms with Crippen molar-refractivity contribution < 1.29 is 14.5 Å². The first-order valence-electron chi connectivity index (χ1n) is 8.19. The minimum atomic E-state index is -0.582. The van der Waals surface area contributed by atoms with Crippen molar-refractivity contribution >= 4 is 40.3 Å².